The Balaban J connectivity index is 2.61. The van der Waals surface area contributed by atoms with Crippen molar-refractivity contribution in [1.82, 2.24) is 15.1 Å². The standard InChI is InChI=1S/C13H20N4O2/c1-10-12(4-5-13(19)15-7-9-18)11(2)17(16-10)8-3-6-14/h18H,3-5,7-9H2,1-2H3,(H,15,19). The second-order valence-corrected chi connectivity index (χ2v) is 4.35. The molecule has 6 nitrogen and oxygen atoms in total. The minimum atomic E-state index is -0.0716. The van der Waals surface area contributed by atoms with Crippen molar-refractivity contribution in [2.75, 3.05) is 13.2 Å². The number of hydrogen-bond acceptors (Lipinski definition) is 4. The molecule has 0 unspecified atom stereocenters. The molecule has 0 spiro atoms. The molecule has 104 valence electrons. The molecule has 0 radical (unpaired) electrons. The van der Waals surface area contributed by atoms with Gasteiger partial charge in [-0.25, -0.2) is 0 Å². The zero-order valence-electron chi connectivity index (χ0n) is 11.4. The molecule has 0 fully saturated rings. The summed E-state index contributed by atoms with van der Waals surface area (Å²) < 4.78 is 1.82. The lowest BCUT2D eigenvalue weighted by atomic mass is 10.1. The Labute approximate surface area is 113 Å². The number of hydrogen-bond donors (Lipinski definition) is 2. The molecule has 19 heavy (non-hydrogen) atoms. The fraction of sp³-hybridized carbons (Fsp3) is 0.615. The normalized spacial score (nSPS) is 10.2. The van der Waals surface area contributed by atoms with Gasteiger partial charge in [-0.05, 0) is 25.8 Å². The Morgan fingerprint density at radius 2 is 2.26 bits per heavy atom. The number of aliphatic hydroxyl groups is 1. The van der Waals surface area contributed by atoms with Crippen molar-refractivity contribution >= 4 is 5.91 Å². The van der Waals surface area contributed by atoms with Gasteiger partial charge in [0.2, 0.25) is 5.91 Å². The Kier molecular flexibility index (Phi) is 6.03. The molecule has 0 aromatic carbocycles. The fourth-order valence-electron chi connectivity index (χ4n) is 1.99. The summed E-state index contributed by atoms with van der Waals surface area (Å²) in [6.07, 6.45) is 1.44. The molecule has 0 bridgehead atoms. The molecule has 1 amide bonds. The lowest BCUT2D eigenvalue weighted by Crippen LogP contribution is -2.26. The largest absolute Gasteiger partial charge is 0.395 e. The molecular weight excluding hydrogens is 244 g/mol. The van der Waals surface area contributed by atoms with E-state index in [-0.39, 0.29) is 19.1 Å². The van der Waals surface area contributed by atoms with E-state index in [1.807, 2.05) is 18.5 Å². The molecule has 1 aromatic rings. The smallest absolute Gasteiger partial charge is 0.220 e. The average molecular weight is 264 g/mol. The van der Waals surface area contributed by atoms with Crippen LogP contribution in [-0.2, 0) is 17.8 Å². The van der Waals surface area contributed by atoms with E-state index in [9.17, 15) is 4.79 Å². The number of aromatic nitrogens is 2. The summed E-state index contributed by atoms with van der Waals surface area (Å²) in [5.41, 5.74) is 2.99. The number of carbonyl (C=O) groups excluding carboxylic acids is 1. The van der Waals surface area contributed by atoms with Gasteiger partial charge in [0.25, 0.3) is 0 Å². The van der Waals surface area contributed by atoms with Crippen molar-refractivity contribution in [2.45, 2.75) is 39.7 Å². The van der Waals surface area contributed by atoms with Gasteiger partial charge in [-0.15, -0.1) is 0 Å². The molecule has 0 aliphatic heterocycles. The topological polar surface area (TPSA) is 90.9 Å². The first-order valence-electron chi connectivity index (χ1n) is 6.37. The molecular formula is C13H20N4O2. The summed E-state index contributed by atoms with van der Waals surface area (Å²) in [6.45, 7) is 4.70. The number of nitrogens with zero attached hydrogens (tertiary/aromatic N) is 3. The van der Waals surface area contributed by atoms with Crippen molar-refractivity contribution in [1.29, 1.82) is 5.26 Å². The number of amides is 1. The zero-order chi connectivity index (χ0) is 14.3. The van der Waals surface area contributed by atoms with Crippen LogP contribution in [-0.4, -0.2) is 33.9 Å². The predicted octanol–water partition coefficient (Wildman–Crippen LogP) is 0.455. The van der Waals surface area contributed by atoms with E-state index in [0.29, 0.717) is 25.8 Å². The Hall–Kier alpha value is -1.87. The third-order valence-electron chi connectivity index (χ3n) is 3.00. The third-order valence-corrected chi connectivity index (χ3v) is 3.00. The first-order chi connectivity index (χ1) is 9.10. The second-order valence-electron chi connectivity index (χ2n) is 4.35. The number of nitriles is 1. The van der Waals surface area contributed by atoms with Gasteiger partial charge in [0.05, 0.1) is 31.3 Å². The molecule has 1 heterocycles. The maximum Gasteiger partial charge on any atom is 0.220 e. The quantitative estimate of drug-likeness (QED) is 0.748. The SMILES string of the molecule is Cc1nn(CCC#N)c(C)c1CCC(=O)NCCO. The van der Waals surface area contributed by atoms with Crippen LogP contribution < -0.4 is 5.32 Å². The number of carbonyl (C=O) groups is 1. The van der Waals surface area contributed by atoms with Crippen LogP contribution in [0.2, 0.25) is 0 Å². The van der Waals surface area contributed by atoms with Crippen LogP contribution in [0.5, 0.6) is 0 Å². The first-order valence-corrected chi connectivity index (χ1v) is 6.37. The van der Waals surface area contributed by atoms with Crippen molar-refractivity contribution in [3.05, 3.63) is 17.0 Å². The summed E-state index contributed by atoms with van der Waals surface area (Å²) in [5, 5.41) is 24.2. The molecule has 0 aliphatic rings. The number of nitrogens with one attached hydrogen (secondary N) is 1. The van der Waals surface area contributed by atoms with Gasteiger partial charge in [-0.2, -0.15) is 10.4 Å². The van der Waals surface area contributed by atoms with Gasteiger partial charge < -0.3 is 10.4 Å². The molecule has 0 atom stereocenters. The summed E-state index contributed by atoms with van der Waals surface area (Å²) in [6, 6.07) is 2.10. The number of aliphatic hydroxyl groups excluding tert-OH is 1. The van der Waals surface area contributed by atoms with Crippen LogP contribution in [0.3, 0.4) is 0 Å². The molecule has 0 saturated heterocycles. The monoisotopic (exact) mass is 264 g/mol. The zero-order valence-corrected chi connectivity index (χ0v) is 11.4. The minimum absolute atomic E-state index is 0.0457. The Bertz CT molecular complexity index is 474. The minimum Gasteiger partial charge on any atom is -0.395 e. The predicted molar refractivity (Wildman–Crippen MR) is 70.3 cm³/mol. The average Bonchev–Trinajstić information content (AvgIpc) is 2.66. The summed E-state index contributed by atoms with van der Waals surface area (Å²) in [5.74, 6) is -0.0716. The highest BCUT2D eigenvalue weighted by atomic mass is 16.3. The molecule has 0 aliphatic carbocycles. The van der Waals surface area contributed by atoms with E-state index in [1.54, 1.807) is 0 Å². The van der Waals surface area contributed by atoms with Gasteiger partial charge >= 0.3 is 0 Å². The first kappa shape index (κ1) is 15.2. The second kappa shape index (κ2) is 7.54. The van der Waals surface area contributed by atoms with E-state index in [1.165, 1.54) is 0 Å². The van der Waals surface area contributed by atoms with E-state index < -0.39 is 0 Å². The van der Waals surface area contributed by atoms with Crippen LogP contribution in [0.25, 0.3) is 0 Å². The summed E-state index contributed by atoms with van der Waals surface area (Å²) in [4.78, 5) is 11.5. The lowest BCUT2D eigenvalue weighted by Gasteiger charge is -2.04. The lowest BCUT2D eigenvalue weighted by molar-refractivity contribution is -0.121. The molecule has 0 saturated carbocycles. The van der Waals surface area contributed by atoms with Crippen LogP contribution in [0.15, 0.2) is 0 Å². The molecule has 2 N–H and O–H groups in total. The van der Waals surface area contributed by atoms with Gasteiger partial charge in [-0.3, -0.25) is 9.48 Å². The summed E-state index contributed by atoms with van der Waals surface area (Å²) in [7, 11) is 0. The van der Waals surface area contributed by atoms with Gasteiger partial charge in [0.1, 0.15) is 0 Å². The van der Waals surface area contributed by atoms with E-state index in [2.05, 4.69) is 16.5 Å². The van der Waals surface area contributed by atoms with Gasteiger partial charge in [0.15, 0.2) is 0 Å². The van der Waals surface area contributed by atoms with Gasteiger partial charge in [-0.1, -0.05) is 0 Å². The van der Waals surface area contributed by atoms with Crippen LogP contribution in [0.4, 0.5) is 0 Å². The number of aryl methyl sites for hydroxylation is 2. The third kappa shape index (κ3) is 4.38. The van der Waals surface area contributed by atoms with E-state index in [4.69, 9.17) is 10.4 Å². The fourth-order valence-corrected chi connectivity index (χ4v) is 1.99. The molecule has 6 heteroatoms. The van der Waals surface area contributed by atoms with Gasteiger partial charge in [0, 0.05) is 18.7 Å². The maximum absolute atomic E-state index is 11.5. The van der Waals surface area contributed by atoms with Crippen molar-refractivity contribution < 1.29 is 9.90 Å². The highest BCUT2D eigenvalue weighted by molar-refractivity contribution is 5.76. The van der Waals surface area contributed by atoms with Crippen molar-refractivity contribution in [3.63, 3.8) is 0 Å². The Morgan fingerprint density at radius 3 is 2.89 bits per heavy atom. The maximum atomic E-state index is 11.5. The molecule has 1 rings (SSSR count). The van der Waals surface area contributed by atoms with Crippen molar-refractivity contribution in [2.24, 2.45) is 0 Å². The van der Waals surface area contributed by atoms with Crippen LogP contribution >= 0.6 is 0 Å². The van der Waals surface area contributed by atoms with E-state index in [0.717, 1.165) is 17.0 Å². The van der Waals surface area contributed by atoms with Crippen LogP contribution in [0, 0.1) is 25.2 Å². The van der Waals surface area contributed by atoms with Crippen molar-refractivity contribution in [3.8, 4) is 6.07 Å². The van der Waals surface area contributed by atoms with Crippen LogP contribution in [0.1, 0.15) is 29.8 Å². The highest BCUT2D eigenvalue weighted by Gasteiger charge is 2.12. The Morgan fingerprint density at radius 1 is 1.53 bits per heavy atom. The van der Waals surface area contributed by atoms with E-state index >= 15 is 0 Å². The summed E-state index contributed by atoms with van der Waals surface area (Å²) >= 11 is 0. The molecule has 1 aromatic heterocycles. The number of rotatable bonds is 7. The highest BCUT2D eigenvalue weighted by Crippen LogP contribution is 2.15.